The van der Waals surface area contributed by atoms with Crippen LogP contribution in [0.15, 0.2) is 16.8 Å². The lowest BCUT2D eigenvalue weighted by Gasteiger charge is -2.08. The van der Waals surface area contributed by atoms with Gasteiger partial charge in [0.05, 0.1) is 18.9 Å². The molecule has 0 aromatic carbocycles. The number of carbonyl (C=O) groups is 1. The number of aromatic nitrogens is 4. The Morgan fingerprint density at radius 1 is 1.63 bits per heavy atom. The Labute approximate surface area is 110 Å². The van der Waals surface area contributed by atoms with Gasteiger partial charge < -0.3 is 15.5 Å². The molecule has 0 aliphatic heterocycles. The Morgan fingerprint density at radius 3 is 3.05 bits per heavy atom. The molecule has 2 rings (SSSR count). The van der Waals surface area contributed by atoms with Crippen LogP contribution in [0.1, 0.15) is 35.1 Å². The topological polar surface area (TPSA) is 112 Å². The van der Waals surface area contributed by atoms with Crippen LogP contribution in [-0.4, -0.2) is 32.4 Å². The Bertz CT molecular complexity index is 561. The maximum absolute atomic E-state index is 11.9. The zero-order valence-electron chi connectivity index (χ0n) is 10.8. The van der Waals surface area contributed by atoms with Crippen molar-refractivity contribution in [2.24, 2.45) is 5.73 Å². The Morgan fingerprint density at radius 2 is 2.42 bits per heavy atom. The molecule has 0 bridgehead atoms. The van der Waals surface area contributed by atoms with E-state index in [1.54, 1.807) is 26.2 Å². The Kier molecular flexibility index (Phi) is 3.91. The van der Waals surface area contributed by atoms with Gasteiger partial charge in [-0.25, -0.2) is 4.98 Å². The van der Waals surface area contributed by atoms with Gasteiger partial charge >= 0.3 is 0 Å². The number of hydrogen-bond donors (Lipinski definition) is 2. The highest BCUT2D eigenvalue weighted by Gasteiger charge is 2.17. The van der Waals surface area contributed by atoms with E-state index in [-0.39, 0.29) is 17.6 Å². The van der Waals surface area contributed by atoms with Crippen molar-refractivity contribution in [3.05, 3.63) is 29.7 Å². The molecule has 2 aromatic heterocycles. The van der Waals surface area contributed by atoms with E-state index in [0.29, 0.717) is 24.7 Å². The molecule has 2 aromatic rings. The number of amides is 1. The van der Waals surface area contributed by atoms with Gasteiger partial charge in [0.1, 0.15) is 11.8 Å². The molecule has 8 heteroatoms. The van der Waals surface area contributed by atoms with Gasteiger partial charge in [0.2, 0.25) is 5.89 Å². The number of aryl methyl sites for hydroxylation is 1. The molecule has 0 fully saturated rings. The molecule has 0 aliphatic rings. The number of hydrogen-bond acceptors (Lipinski definition) is 6. The third kappa shape index (κ3) is 3.16. The van der Waals surface area contributed by atoms with Gasteiger partial charge in [0.15, 0.2) is 5.69 Å². The summed E-state index contributed by atoms with van der Waals surface area (Å²) in [6, 6.07) is -0.333. The predicted octanol–water partition coefficient (Wildman–Crippen LogP) is 0.0242. The molecule has 0 saturated heterocycles. The van der Waals surface area contributed by atoms with Crippen LogP contribution in [0, 0.1) is 6.92 Å². The molecule has 1 amide bonds. The van der Waals surface area contributed by atoms with Crippen molar-refractivity contribution < 1.29 is 9.21 Å². The van der Waals surface area contributed by atoms with Crippen molar-refractivity contribution in [1.29, 1.82) is 0 Å². The van der Waals surface area contributed by atoms with Gasteiger partial charge in [-0.05, 0) is 13.8 Å². The fourth-order valence-corrected chi connectivity index (χ4v) is 1.55. The fraction of sp³-hybridized carbons (Fsp3) is 0.455. The highest BCUT2D eigenvalue weighted by atomic mass is 16.4. The summed E-state index contributed by atoms with van der Waals surface area (Å²) >= 11 is 0. The highest BCUT2D eigenvalue weighted by molar-refractivity contribution is 5.92. The molecule has 2 heterocycles. The van der Waals surface area contributed by atoms with E-state index in [0.717, 1.165) is 0 Å². The van der Waals surface area contributed by atoms with Crippen LogP contribution >= 0.6 is 0 Å². The minimum Gasteiger partial charge on any atom is -0.444 e. The predicted molar refractivity (Wildman–Crippen MR) is 66.2 cm³/mol. The van der Waals surface area contributed by atoms with E-state index < -0.39 is 0 Å². The first-order valence-electron chi connectivity index (χ1n) is 5.93. The molecular weight excluding hydrogens is 248 g/mol. The molecule has 1 atom stereocenters. The number of carbonyl (C=O) groups excluding carboxylic acids is 1. The zero-order valence-corrected chi connectivity index (χ0v) is 10.8. The fourth-order valence-electron chi connectivity index (χ4n) is 1.55. The summed E-state index contributed by atoms with van der Waals surface area (Å²) in [5.74, 6) is 0.830. The molecule has 1 unspecified atom stereocenters. The summed E-state index contributed by atoms with van der Waals surface area (Å²) in [7, 11) is 0. The van der Waals surface area contributed by atoms with Crippen LogP contribution in [-0.2, 0) is 6.54 Å². The van der Waals surface area contributed by atoms with Gasteiger partial charge in [-0.1, -0.05) is 5.21 Å². The van der Waals surface area contributed by atoms with Crippen molar-refractivity contribution in [3.63, 3.8) is 0 Å². The molecule has 8 nitrogen and oxygen atoms in total. The Balaban J connectivity index is 1.99. The first-order valence-corrected chi connectivity index (χ1v) is 5.93. The summed E-state index contributed by atoms with van der Waals surface area (Å²) in [6.07, 6.45) is 3.16. The van der Waals surface area contributed by atoms with E-state index >= 15 is 0 Å². The molecule has 3 N–H and O–H groups in total. The lowest BCUT2D eigenvalue weighted by atomic mass is 10.3. The number of nitrogens with zero attached hydrogens (tertiary/aromatic N) is 4. The second-order valence-corrected chi connectivity index (χ2v) is 4.16. The molecule has 0 aliphatic carbocycles. The van der Waals surface area contributed by atoms with Crippen LogP contribution < -0.4 is 11.1 Å². The highest BCUT2D eigenvalue weighted by Crippen LogP contribution is 2.12. The van der Waals surface area contributed by atoms with Crippen LogP contribution in [0.4, 0.5) is 0 Å². The van der Waals surface area contributed by atoms with Crippen molar-refractivity contribution in [1.82, 2.24) is 25.3 Å². The van der Waals surface area contributed by atoms with Gasteiger partial charge in [0.25, 0.3) is 5.91 Å². The van der Waals surface area contributed by atoms with Crippen LogP contribution in [0.25, 0.3) is 0 Å². The number of oxazole rings is 1. The van der Waals surface area contributed by atoms with Gasteiger partial charge in [-0.15, -0.1) is 5.10 Å². The minimum absolute atomic E-state index is 0.239. The number of nitrogens with two attached hydrogens (primary N) is 1. The van der Waals surface area contributed by atoms with Crippen LogP contribution in [0.2, 0.25) is 0 Å². The first-order chi connectivity index (χ1) is 9.10. The minimum atomic E-state index is -0.333. The largest absolute Gasteiger partial charge is 0.444 e. The van der Waals surface area contributed by atoms with Crippen molar-refractivity contribution in [2.75, 3.05) is 6.54 Å². The van der Waals surface area contributed by atoms with Crippen LogP contribution in [0.5, 0.6) is 0 Å². The molecule has 0 spiro atoms. The molecule has 102 valence electrons. The second-order valence-electron chi connectivity index (χ2n) is 4.16. The van der Waals surface area contributed by atoms with Crippen molar-refractivity contribution in [2.45, 2.75) is 26.4 Å². The lowest BCUT2D eigenvalue weighted by Crippen LogP contribution is -2.27. The van der Waals surface area contributed by atoms with Gasteiger partial charge in [-0.2, -0.15) is 0 Å². The quantitative estimate of drug-likeness (QED) is 0.787. The van der Waals surface area contributed by atoms with E-state index in [1.807, 2.05) is 0 Å². The molecule has 0 radical (unpaired) electrons. The SMILES string of the molecule is Cc1cnc(C(C)NC(=O)c2cn(CCN)nn2)o1. The monoisotopic (exact) mass is 264 g/mol. The number of nitrogens with one attached hydrogen (secondary N) is 1. The summed E-state index contributed by atoms with van der Waals surface area (Å²) in [5.41, 5.74) is 5.63. The first kappa shape index (κ1) is 13.2. The normalized spacial score (nSPS) is 12.4. The zero-order chi connectivity index (χ0) is 13.8. The van der Waals surface area contributed by atoms with Gasteiger partial charge in [-0.3, -0.25) is 9.48 Å². The van der Waals surface area contributed by atoms with Crippen molar-refractivity contribution in [3.8, 4) is 0 Å². The lowest BCUT2D eigenvalue weighted by molar-refractivity contribution is 0.0928. The maximum atomic E-state index is 11.9. The summed E-state index contributed by atoms with van der Waals surface area (Å²) in [6.45, 7) is 4.54. The average Bonchev–Trinajstić information content (AvgIpc) is 2.98. The summed E-state index contributed by atoms with van der Waals surface area (Å²) in [5, 5.41) is 10.3. The second kappa shape index (κ2) is 5.61. The smallest absolute Gasteiger partial charge is 0.274 e. The third-order valence-corrected chi connectivity index (χ3v) is 2.49. The van der Waals surface area contributed by atoms with E-state index in [9.17, 15) is 4.79 Å². The standard InChI is InChI=1S/C11H16N6O2/c1-7-5-13-11(19-7)8(2)14-10(18)9-6-17(4-3-12)16-15-9/h5-6,8H,3-4,12H2,1-2H3,(H,14,18). The molecule has 0 saturated carbocycles. The molecule has 19 heavy (non-hydrogen) atoms. The average molecular weight is 264 g/mol. The third-order valence-electron chi connectivity index (χ3n) is 2.49. The van der Waals surface area contributed by atoms with E-state index in [2.05, 4.69) is 20.6 Å². The van der Waals surface area contributed by atoms with Crippen LogP contribution in [0.3, 0.4) is 0 Å². The molecular formula is C11H16N6O2. The summed E-state index contributed by atoms with van der Waals surface area (Å²) in [4.78, 5) is 16.0. The Hall–Kier alpha value is -2.22. The van der Waals surface area contributed by atoms with Gasteiger partial charge in [0, 0.05) is 6.54 Å². The number of rotatable bonds is 5. The maximum Gasteiger partial charge on any atom is 0.274 e. The van der Waals surface area contributed by atoms with E-state index in [1.165, 1.54) is 4.68 Å². The summed E-state index contributed by atoms with van der Waals surface area (Å²) < 4.78 is 6.86. The van der Waals surface area contributed by atoms with E-state index in [4.69, 9.17) is 10.2 Å². The van der Waals surface area contributed by atoms with Crippen molar-refractivity contribution >= 4 is 5.91 Å².